The summed E-state index contributed by atoms with van der Waals surface area (Å²) in [4.78, 5) is 21.8. The number of aromatic nitrogens is 1. The van der Waals surface area contributed by atoms with Gasteiger partial charge in [0.15, 0.2) is 5.96 Å². The number of nitro benzene ring substituents is 1. The van der Waals surface area contributed by atoms with Gasteiger partial charge in [-0.15, -0.1) is 24.0 Å². The van der Waals surface area contributed by atoms with E-state index in [9.17, 15) is 10.1 Å². The van der Waals surface area contributed by atoms with Gasteiger partial charge in [0, 0.05) is 56.6 Å². The molecule has 0 bridgehead atoms. The summed E-state index contributed by atoms with van der Waals surface area (Å²) in [6, 6.07) is 12.4. The molecule has 0 amide bonds. The molecule has 0 aliphatic carbocycles. The van der Waals surface area contributed by atoms with E-state index in [1.165, 1.54) is 12.1 Å². The van der Waals surface area contributed by atoms with Crippen molar-refractivity contribution in [2.45, 2.75) is 19.4 Å². The molecule has 0 unspecified atom stereocenters. The smallest absolute Gasteiger partial charge is 0.269 e. The van der Waals surface area contributed by atoms with Crippen LogP contribution in [0.25, 0.3) is 0 Å². The molecule has 3 rings (SSSR count). The number of guanidine groups is 1. The van der Waals surface area contributed by atoms with Gasteiger partial charge in [-0.1, -0.05) is 18.2 Å². The van der Waals surface area contributed by atoms with Crippen molar-refractivity contribution in [1.29, 1.82) is 0 Å². The van der Waals surface area contributed by atoms with E-state index in [0.29, 0.717) is 13.1 Å². The van der Waals surface area contributed by atoms with Crippen molar-refractivity contribution < 1.29 is 9.66 Å². The van der Waals surface area contributed by atoms with Gasteiger partial charge < -0.3 is 15.4 Å². The predicted molar refractivity (Wildman–Crippen MR) is 135 cm³/mol. The molecule has 2 heterocycles. The maximum absolute atomic E-state index is 10.8. The summed E-state index contributed by atoms with van der Waals surface area (Å²) in [6.07, 6.45) is 3.61. The molecular formula is C22H31IN6O3. The van der Waals surface area contributed by atoms with Crippen LogP contribution in [0.5, 0.6) is 0 Å². The Morgan fingerprint density at radius 3 is 2.56 bits per heavy atom. The highest BCUT2D eigenvalue weighted by Gasteiger charge is 2.09. The molecule has 0 spiro atoms. The predicted octanol–water partition coefficient (Wildman–Crippen LogP) is 2.61. The van der Waals surface area contributed by atoms with Crippen molar-refractivity contribution in [1.82, 2.24) is 20.5 Å². The fourth-order valence-corrected chi connectivity index (χ4v) is 3.26. The van der Waals surface area contributed by atoms with Gasteiger partial charge in [0.1, 0.15) is 0 Å². The molecule has 1 aliphatic rings. The second-order valence-corrected chi connectivity index (χ2v) is 7.32. The Kier molecular flexibility index (Phi) is 11.9. The van der Waals surface area contributed by atoms with E-state index in [1.54, 1.807) is 18.3 Å². The summed E-state index contributed by atoms with van der Waals surface area (Å²) in [5, 5.41) is 17.6. The minimum atomic E-state index is -0.395. The summed E-state index contributed by atoms with van der Waals surface area (Å²) in [7, 11) is 0. The molecule has 32 heavy (non-hydrogen) atoms. The average molecular weight is 554 g/mol. The molecule has 0 radical (unpaired) electrons. The molecule has 1 fully saturated rings. The van der Waals surface area contributed by atoms with Gasteiger partial charge in [-0.3, -0.25) is 20.0 Å². The molecule has 2 N–H and O–H groups in total. The van der Waals surface area contributed by atoms with E-state index in [4.69, 9.17) is 4.74 Å². The number of morpholine rings is 1. The van der Waals surface area contributed by atoms with Crippen molar-refractivity contribution in [2.24, 2.45) is 4.99 Å². The summed E-state index contributed by atoms with van der Waals surface area (Å²) < 4.78 is 5.39. The topological polar surface area (TPSA) is 105 Å². The lowest BCUT2D eigenvalue weighted by atomic mass is 10.2. The molecule has 1 aromatic heterocycles. The molecule has 174 valence electrons. The first-order chi connectivity index (χ1) is 15.2. The molecule has 0 saturated carbocycles. The van der Waals surface area contributed by atoms with Crippen LogP contribution in [0.4, 0.5) is 5.69 Å². The van der Waals surface area contributed by atoms with Crippen molar-refractivity contribution in [2.75, 3.05) is 45.9 Å². The second kappa shape index (κ2) is 14.7. The number of nitrogens with one attached hydrogen (secondary N) is 2. The maximum atomic E-state index is 10.8. The first-order valence-electron chi connectivity index (χ1n) is 10.7. The van der Waals surface area contributed by atoms with Crippen LogP contribution in [-0.2, 0) is 17.7 Å². The zero-order valence-corrected chi connectivity index (χ0v) is 20.4. The van der Waals surface area contributed by atoms with Crippen LogP contribution in [0.15, 0.2) is 53.7 Å². The van der Waals surface area contributed by atoms with E-state index >= 15 is 0 Å². The highest BCUT2D eigenvalue weighted by Crippen LogP contribution is 2.12. The van der Waals surface area contributed by atoms with E-state index in [-0.39, 0.29) is 29.7 Å². The van der Waals surface area contributed by atoms with E-state index in [0.717, 1.165) is 69.5 Å². The molecule has 2 aromatic rings. The zero-order chi connectivity index (χ0) is 21.7. The van der Waals surface area contributed by atoms with Crippen LogP contribution < -0.4 is 10.6 Å². The summed E-state index contributed by atoms with van der Waals surface area (Å²) in [6.45, 7) is 6.60. The third-order valence-electron chi connectivity index (χ3n) is 5.01. The van der Waals surface area contributed by atoms with Gasteiger partial charge in [-0.2, -0.15) is 0 Å². The zero-order valence-electron chi connectivity index (χ0n) is 18.1. The quantitative estimate of drug-likeness (QED) is 0.116. The number of aliphatic imine (C=N–C) groups is 1. The Hall–Kier alpha value is -2.31. The van der Waals surface area contributed by atoms with Gasteiger partial charge in [-0.05, 0) is 30.7 Å². The van der Waals surface area contributed by atoms with Crippen molar-refractivity contribution in [3.05, 3.63) is 70.0 Å². The van der Waals surface area contributed by atoms with Crippen LogP contribution in [0.3, 0.4) is 0 Å². The van der Waals surface area contributed by atoms with Gasteiger partial charge in [0.05, 0.1) is 24.7 Å². The average Bonchev–Trinajstić information content (AvgIpc) is 2.81. The molecule has 1 aliphatic heterocycles. The van der Waals surface area contributed by atoms with Crippen LogP contribution in [0.1, 0.15) is 17.7 Å². The summed E-state index contributed by atoms with van der Waals surface area (Å²) in [5.74, 6) is 0.733. The summed E-state index contributed by atoms with van der Waals surface area (Å²) in [5.41, 5.74) is 2.03. The Bertz CT molecular complexity index is 829. The van der Waals surface area contributed by atoms with Gasteiger partial charge in [0.25, 0.3) is 5.69 Å². The van der Waals surface area contributed by atoms with Crippen LogP contribution in [-0.4, -0.2) is 66.7 Å². The lowest BCUT2D eigenvalue weighted by Crippen LogP contribution is -2.41. The van der Waals surface area contributed by atoms with Crippen LogP contribution in [0.2, 0.25) is 0 Å². The number of non-ortho nitro benzene ring substituents is 1. The van der Waals surface area contributed by atoms with E-state index in [1.807, 2.05) is 18.2 Å². The molecular weight excluding hydrogens is 523 g/mol. The second-order valence-electron chi connectivity index (χ2n) is 7.32. The molecule has 9 nitrogen and oxygen atoms in total. The fourth-order valence-electron chi connectivity index (χ4n) is 3.26. The largest absolute Gasteiger partial charge is 0.379 e. The number of pyridine rings is 1. The van der Waals surface area contributed by atoms with Gasteiger partial charge >= 0.3 is 0 Å². The highest BCUT2D eigenvalue weighted by molar-refractivity contribution is 14.0. The van der Waals surface area contributed by atoms with Gasteiger partial charge in [0.2, 0.25) is 0 Å². The number of ether oxygens (including phenoxy) is 1. The minimum absolute atomic E-state index is 0. The van der Waals surface area contributed by atoms with Crippen molar-refractivity contribution >= 4 is 35.6 Å². The number of hydrogen-bond acceptors (Lipinski definition) is 6. The fraction of sp³-hybridized carbons (Fsp3) is 0.455. The van der Waals surface area contributed by atoms with Crippen LogP contribution >= 0.6 is 24.0 Å². The third kappa shape index (κ3) is 9.45. The minimum Gasteiger partial charge on any atom is -0.379 e. The molecule has 0 atom stereocenters. The number of rotatable bonds is 10. The normalized spacial score (nSPS) is 14.4. The van der Waals surface area contributed by atoms with E-state index < -0.39 is 4.92 Å². The highest BCUT2D eigenvalue weighted by atomic mass is 127. The molecule has 1 saturated heterocycles. The Labute approximate surface area is 205 Å². The molecule has 10 heteroatoms. The molecule has 1 aromatic carbocycles. The monoisotopic (exact) mass is 554 g/mol. The Balaban J connectivity index is 0.00000363. The maximum Gasteiger partial charge on any atom is 0.269 e. The summed E-state index contributed by atoms with van der Waals surface area (Å²) >= 11 is 0. The van der Waals surface area contributed by atoms with Crippen molar-refractivity contribution in [3.63, 3.8) is 0 Å². The van der Waals surface area contributed by atoms with Gasteiger partial charge in [-0.25, -0.2) is 4.99 Å². The number of benzene rings is 1. The number of nitrogens with zero attached hydrogens (tertiary/aromatic N) is 4. The SMILES string of the molecule is I.O=[N+]([O-])c1ccc(CN=C(NCCCN2CCOCC2)NCCc2ccccn2)cc1. The first kappa shape index (κ1) is 25.9. The van der Waals surface area contributed by atoms with E-state index in [2.05, 4.69) is 25.5 Å². The number of hydrogen-bond donors (Lipinski definition) is 2. The van der Waals surface area contributed by atoms with Crippen LogP contribution in [0, 0.1) is 10.1 Å². The standard InChI is InChI=1S/C22H30N6O3.HI/c29-28(30)21-7-5-19(6-8-21)18-26-22(25-12-9-20-4-1-2-10-23-20)24-11-3-13-27-14-16-31-17-15-27;/h1-2,4-8,10H,3,9,11-18H2,(H2,24,25,26);1H. The Morgan fingerprint density at radius 2 is 1.88 bits per heavy atom. The Morgan fingerprint density at radius 1 is 1.12 bits per heavy atom. The number of halogens is 1. The number of nitro groups is 1. The lowest BCUT2D eigenvalue weighted by Gasteiger charge is -2.26. The lowest BCUT2D eigenvalue weighted by molar-refractivity contribution is -0.384. The third-order valence-corrected chi connectivity index (χ3v) is 5.01. The first-order valence-corrected chi connectivity index (χ1v) is 10.7. The van der Waals surface area contributed by atoms with Crippen molar-refractivity contribution in [3.8, 4) is 0 Å².